The van der Waals surface area contributed by atoms with Gasteiger partial charge in [0.25, 0.3) is 0 Å². The van der Waals surface area contributed by atoms with Crippen LogP contribution in [0.4, 0.5) is 0 Å². The number of ether oxygens (including phenoxy) is 1. The molecule has 0 saturated carbocycles. The van der Waals surface area contributed by atoms with Crippen molar-refractivity contribution in [3.8, 4) is 0 Å². The first kappa shape index (κ1) is 85.3. The topological polar surface area (TPSA) is 95.9 Å². The molecular weight excluding hydrogens is 1070 g/mol. The van der Waals surface area contributed by atoms with Crippen molar-refractivity contribution in [2.24, 2.45) is 0 Å². The number of hydrogen-bond acceptors (Lipinski definition) is 5. The highest BCUT2D eigenvalue weighted by atomic mass is 16.5. The molecule has 0 rings (SSSR count). The number of amides is 1. The molecule has 87 heavy (non-hydrogen) atoms. The van der Waals surface area contributed by atoms with Crippen LogP contribution in [-0.4, -0.2) is 47.4 Å². The van der Waals surface area contributed by atoms with Gasteiger partial charge in [0.2, 0.25) is 5.91 Å². The number of allylic oxidation sites excluding steroid dienone is 4. The van der Waals surface area contributed by atoms with Crippen LogP contribution in [0.5, 0.6) is 0 Å². The van der Waals surface area contributed by atoms with Crippen molar-refractivity contribution in [2.75, 3.05) is 13.2 Å². The summed E-state index contributed by atoms with van der Waals surface area (Å²) in [7, 11) is 0. The number of hydrogen-bond donors (Lipinski definition) is 3. The molecule has 0 bridgehead atoms. The normalized spacial score (nSPS) is 12.6. The number of carbonyl (C=O) groups excluding carboxylic acids is 2. The summed E-state index contributed by atoms with van der Waals surface area (Å²) in [4.78, 5) is 24.7. The van der Waals surface area contributed by atoms with Crippen molar-refractivity contribution in [1.82, 2.24) is 5.32 Å². The van der Waals surface area contributed by atoms with Gasteiger partial charge in [0, 0.05) is 12.8 Å². The zero-order chi connectivity index (χ0) is 62.8. The van der Waals surface area contributed by atoms with Gasteiger partial charge in [-0.25, -0.2) is 0 Å². The average Bonchev–Trinajstić information content (AvgIpc) is 3.53. The maximum absolute atomic E-state index is 12.5. The third-order valence-corrected chi connectivity index (χ3v) is 19.0. The lowest BCUT2D eigenvalue weighted by Crippen LogP contribution is -2.45. The van der Waals surface area contributed by atoms with Gasteiger partial charge in [0.05, 0.1) is 25.4 Å². The molecule has 0 aliphatic rings. The van der Waals surface area contributed by atoms with Gasteiger partial charge in [-0.3, -0.25) is 9.59 Å². The van der Waals surface area contributed by atoms with E-state index in [4.69, 9.17) is 4.74 Å². The van der Waals surface area contributed by atoms with Crippen LogP contribution in [0.2, 0.25) is 0 Å². The number of nitrogens with one attached hydrogen (secondary N) is 1. The summed E-state index contributed by atoms with van der Waals surface area (Å²) < 4.78 is 5.52. The minimum Gasteiger partial charge on any atom is -0.466 e. The summed E-state index contributed by atoms with van der Waals surface area (Å²) in [6.07, 6.45) is 98.5. The molecule has 6 nitrogen and oxygen atoms in total. The highest BCUT2D eigenvalue weighted by Gasteiger charge is 2.20. The molecule has 1 amide bonds. The van der Waals surface area contributed by atoms with Crippen LogP contribution >= 0.6 is 0 Å². The zero-order valence-corrected chi connectivity index (χ0v) is 59.3. The monoisotopic (exact) mass is 1220 g/mol. The Bertz CT molecular complexity index is 1360. The predicted octanol–water partition coefficient (Wildman–Crippen LogP) is 26.4. The van der Waals surface area contributed by atoms with Crippen LogP contribution in [0.1, 0.15) is 457 Å². The lowest BCUT2D eigenvalue weighted by atomic mass is 10.0. The van der Waals surface area contributed by atoms with Gasteiger partial charge in [-0.2, -0.15) is 0 Å². The smallest absolute Gasteiger partial charge is 0.305 e. The van der Waals surface area contributed by atoms with Crippen LogP contribution in [0.15, 0.2) is 24.3 Å². The molecule has 0 aromatic heterocycles. The van der Waals surface area contributed by atoms with Gasteiger partial charge < -0.3 is 20.3 Å². The molecule has 0 radical (unpaired) electrons. The lowest BCUT2D eigenvalue weighted by Gasteiger charge is -2.22. The van der Waals surface area contributed by atoms with Gasteiger partial charge in [-0.05, 0) is 77.0 Å². The molecule has 0 aromatic rings. The van der Waals surface area contributed by atoms with Crippen molar-refractivity contribution in [3.05, 3.63) is 24.3 Å². The van der Waals surface area contributed by atoms with Crippen LogP contribution in [0.3, 0.4) is 0 Å². The highest BCUT2D eigenvalue weighted by molar-refractivity contribution is 5.76. The highest BCUT2D eigenvalue weighted by Crippen LogP contribution is 2.20. The van der Waals surface area contributed by atoms with Gasteiger partial charge in [0.1, 0.15) is 0 Å². The zero-order valence-electron chi connectivity index (χ0n) is 59.3. The number of carbonyl (C=O) groups is 2. The van der Waals surface area contributed by atoms with Gasteiger partial charge in [-0.15, -0.1) is 0 Å². The van der Waals surface area contributed by atoms with E-state index in [1.54, 1.807) is 0 Å². The first-order valence-electron chi connectivity index (χ1n) is 40.1. The summed E-state index contributed by atoms with van der Waals surface area (Å²) >= 11 is 0. The molecule has 0 saturated heterocycles. The Kier molecular flexibility index (Phi) is 75.3. The van der Waals surface area contributed by atoms with Crippen LogP contribution in [-0.2, 0) is 14.3 Å². The van der Waals surface area contributed by atoms with E-state index in [0.717, 1.165) is 38.5 Å². The van der Waals surface area contributed by atoms with E-state index in [0.29, 0.717) is 25.9 Å². The van der Waals surface area contributed by atoms with E-state index >= 15 is 0 Å². The molecule has 6 heteroatoms. The number of rotatable bonds is 76. The summed E-state index contributed by atoms with van der Waals surface area (Å²) in [6.45, 7) is 5.00. The Labute approximate surface area is 545 Å². The largest absolute Gasteiger partial charge is 0.466 e. The Morgan fingerprint density at radius 2 is 0.540 bits per heavy atom. The SMILES string of the molecule is CCCCCCCC/C=C\CCCCCCCCCCCC(=O)OCCCCCCCCCCCCCCCC/C=C\CCCCCCCCCCCCCCCCCCCC(=O)NC(CO)C(O)CCCCCCCCCCCCCCCCCC. The molecular formula is C81H157NO5. The molecule has 0 aliphatic heterocycles. The predicted molar refractivity (Wildman–Crippen MR) is 384 cm³/mol. The van der Waals surface area contributed by atoms with E-state index in [9.17, 15) is 19.8 Å². The molecule has 0 aromatic carbocycles. The fraction of sp³-hybridized carbons (Fsp3) is 0.926. The average molecular weight is 1230 g/mol. The molecule has 516 valence electrons. The Morgan fingerprint density at radius 1 is 0.310 bits per heavy atom. The summed E-state index contributed by atoms with van der Waals surface area (Å²) in [6, 6.07) is -0.538. The van der Waals surface area contributed by atoms with E-state index in [-0.39, 0.29) is 18.5 Å². The van der Waals surface area contributed by atoms with Crippen molar-refractivity contribution in [3.63, 3.8) is 0 Å². The second-order valence-corrected chi connectivity index (χ2v) is 27.7. The maximum Gasteiger partial charge on any atom is 0.305 e. The Hall–Kier alpha value is -1.66. The second-order valence-electron chi connectivity index (χ2n) is 27.7. The Morgan fingerprint density at radius 3 is 0.816 bits per heavy atom. The van der Waals surface area contributed by atoms with Crippen molar-refractivity contribution in [2.45, 2.75) is 469 Å². The molecule has 2 unspecified atom stereocenters. The first-order valence-corrected chi connectivity index (χ1v) is 40.1. The molecule has 3 N–H and O–H groups in total. The van der Waals surface area contributed by atoms with Gasteiger partial charge in [0.15, 0.2) is 0 Å². The van der Waals surface area contributed by atoms with Gasteiger partial charge in [-0.1, -0.05) is 391 Å². The van der Waals surface area contributed by atoms with E-state index < -0.39 is 12.1 Å². The Balaban J connectivity index is 3.32. The van der Waals surface area contributed by atoms with Crippen LogP contribution in [0.25, 0.3) is 0 Å². The van der Waals surface area contributed by atoms with Crippen molar-refractivity contribution in [1.29, 1.82) is 0 Å². The quantitative estimate of drug-likeness (QED) is 0.0320. The third kappa shape index (κ3) is 73.3. The van der Waals surface area contributed by atoms with Crippen molar-refractivity contribution >= 4 is 11.9 Å². The van der Waals surface area contributed by atoms with E-state index in [1.165, 1.54) is 385 Å². The van der Waals surface area contributed by atoms with Gasteiger partial charge >= 0.3 is 5.97 Å². The molecule has 0 fully saturated rings. The summed E-state index contributed by atoms with van der Waals surface area (Å²) in [5.41, 5.74) is 0. The lowest BCUT2D eigenvalue weighted by molar-refractivity contribution is -0.143. The molecule has 0 heterocycles. The number of unbranched alkanes of at least 4 members (excludes halogenated alkanes) is 61. The maximum atomic E-state index is 12.5. The van der Waals surface area contributed by atoms with E-state index in [1.807, 2.05) is 0 Å². The number of aliphatic hydroxyl groups is 2. The molecule has 0 aliphatic carbocycles. The van der Waals surface area contributed by atoms with Crippen LogP contribution in [0, 0.1) is 0 Å². The summed E-state index contributed by atoms with van der Waals surface area (Å²) in [5, 5.41) is 23.4. The standard InChI is InChI=1S/C81H157NO5/c1-3-5-7-9-11-13-15-17-19-21-39-43-47-51-55-59-63-67-71-75-81(86)87-76-72-68-64-60-56-52-48-44-41-38-36-34-32-30-28-26-24-22-23-25-27-29-31-33-35-37-40-42-46-50-54-58-62-66-70-74-80(85)82-78(77-83)79(84)73-69-65-61-57-53-49-45-20-18-16-14-12-10-8-6-4-2/h17,19,24,26,78-79,83-84H,3-16,18,20-23,25,27-77H2,1-2H3,(H,82,85)/b19-17-,26-24-. The minimum absolute atomic E-state index is 0.0208. The van der Waals surface area contributed by atoms with E-state index in [2.05, 4.69) is 43.5 Å². The number of aliphatic hydroxyl groups excluding tert-OH is 2. The molecule has 2 atom stereocenters. The molecule has 0 spiro atoms. The first-order chi connectivity index (χ1) is 43.0. The second kappa shape index (κ2) is 76.8. The fourth-order valence-electron chi connectivity index (χ4n) is 12.9. The minimum atomic E-state index is -0.662. The fourth-order valence-corrected chi connectivity index (χ4v) is 12.9. The van der Waals surface area contributed by atoms with Crippen molar-refractivity contribution < 1.29 is 24.5 Å². The van der Waals surface area contributed by atoms with Crippen LogP contribution < -0.4 is 5.32 Å². The summed E-state index contributed by atoms with van der Waals surface area (Å²) in [5.74, 6) is -0.00660. The number of esters is 1. The third-order valence-electron chi connectivity index (χ3n) is 19.0.